The lowest BCUT2D eigenvalue weighted by atomic mass is 10.1. The zero-order valence-corrected chi connectivity index (χ0v) is 8.24. The van der Waals surface area contributed by atoms with Gasteiger partial charge in [0.25, 0.3) is 0 Å². The zero-order valence-electron chi connectivity index (χ0n) is 8.24. The maximum Gasteiger partial charge on any atom is 0.310 e. The molecule has 1 rings (SSSR count). The molecule has 1 heterocycles. The zero-order chi connectivity index (χ0) is 10.0. The van der Waals surface area contributed by atoms with Gasteiger partial charge in [0.1, 0.15) is 0 Å². The molecule has 0 N–H and O–H groups in total. The molecule has 1 atom stereocenters. The highest BCUT2D eigenvalue weighted by molar-refractivity contribution is 5.86. The Morgan fingerprint density at radius 1 is 1.62 bits per heavy atom. The van der Waals surface area contributed by atoms with Gasteiger partial charge in [-0.15, -0.1) is 0 Å². The first-order valence-corrected chi connectivity index (χ1v) is 4.43. The molecule has 4 nitrogen and oxygen atoms in total. The van der Waals surface area contributed by atoms with Gasteiger partial charge in [0.15, 0.2) is 0 Å². The fourth-order valence-electron chi connectivity index (χ4n) is 1.56. The van der Waals surface area contributed by atoms with Crippen molar-refractivity contribution in [1.29, 1.82) is 0 Å². The number of hydrogen-bond donors (Lipinski definition) is 0. The van der Waals surface area contributed by atoms with Crippen LogP contribution in [-0.4, -0.2) is 36.5 Å². The summed E-state index contributed by atoms with van der Waals surface area (Å²) in [5.41, 5.74) is 0. The second-order valence-electron chi connectivity index (χ2n) is 3.56. The molecule has 0 radical (unpaired) electrons. The van der Waals surface area contributed by atoms with Gasteiger partial charge in [0.2, 0.25) is 5.91 Å². The van der Waals surface area contributed by atoms with Gasteiger partial charge < -0.3 is 9.64 Å². The van der Waals surface area contributed by atoms with E-state index >= 15 is 0 Å². The molecule has 13 heavy (non-hydrogen) atoms. The lowest BCUT2D eigenvalue weighted by Crippen LogP contribution is -2.32. The van der Waals surface area contributed by atoms with E-state index in [0.717, 1.165) is 0 Å². The van der Waals surface area contributed by atoms with Crippen molar-refractivity contribution < 1.29 is 14.3 Å². The van der Waals surface area contributed by atoms with Gasteiger partial charge in [-0.2, -0.15) is 0 Å². The van der Waals surface area contributed by atoms with E-state index in [4.69, 9.17) is 0 Å². The highest BCUT2D eigenvalue weighted by atomic mass is 16.5. The average molecular weight is 185 g/mol. The number of carbonyl (C=O) groups excluding carboxylic acids is 2. The van der Waals surface area contributed by atoms with Crippen molar-refractivity contribution in [2.45, 2.75) is 26.3 Å². The van der Waals surface area contributed by atoms with E-state index in [1.165, 1.54) is 7.11 Å². The van der Waals surface area contributed by atoms with Crippen LogP contribution >= 0.6 is 0 Å². The molecule has 1 saturated heterocycles. The molecular formula is C9H15NO3. The van der Waals surface area contributed by atoms with E-state index in [2.05, 4.69) is 4.74 Å². The third-order valence-electron chi connectivity index (χ3n) is 2.32. The topological polar surface area (TPSA) is 46.6 Å². The van der Waals surface area contributed by atoms with Crippen molar-refractivity contribution in [3.8, 4) is 0 Å². The third kappa shape index (κ3) is 1.99. The van der Waals surface area contributed by atoms with Crippen LogP contribution in [0.2, 0.25) is 0 Å². The Morgan fingerprint density at radius 3 is 2.62 bits per heavy atom. The number of hydrogen-bond acceptors (Lipinski definition) is 3. The summed E-state index contributed by atoms with van der Waals surface area (Å²) in [5.74, 6) is -0.498. The first-order chi connectivity index (χ1) is 6.06. The number of esters is 1. The van der Waals surface area contributed by atoms with Gasteiger partial charge in [-0.25, -0.2) is 0 Å². The van der Waals surface area contributed by atoms with Gasteiger partial charge in [-0.3, -0.25) is 9.59 Å². The molecule has 1 amide bonds. The number of nitrogens with zero attached hydrogens (tertiary/aromatic N) is 1. The number of carbonyl (C=O) groups is 2. The molecule has 1 aliphatic rings. The minimum absolute atomic E-state index is 0.0467. The minimum Gasteiger partial charge on any atom is -0.469 e. The van der Waals surface area contributed by atoms with Crippen molar-refractivity contribution >= 4 is 11.9 Å². The quantitative estimate of drug-likeness (QED) is 0.585. The predicted octanol–water partition coefficient (Wildman–Crippen LogP) is 0.416. The fourth-order valence-corrected chi connectivity index (χ4v) is 1.56. The summed E-state index contributed by atoms with van der Waals surface area (Å²) < 4.78 is 4.59. The van der Waals surface area contributed by atoms with Crippen LogP contribution in [0.1, 0.15) is 20.3 Å². The Hall–Kier alpha value is -1.06. The highest BCUT2D eigenvalue weighted by Crippen LogP contribution is 2.20. The smallest absolute Gasteiger partial charge is 0.310 e. The van der Waals surface area contributed by atoms with E-state index in [1.54, 1.807) is 4.90 Å². The van der Waals surface area contributed by atoms with Crippen LogP contribution in [0.15, 0.2) is 0 Å². The van der Waals surface area contributed by atoms with E-state index in [9.17, 15) is 9.59 Å². The van der Waals surface area contributed by atoms with E-state index in [1.807, 2.05) is 13.8 Å². The number of ether oxygens (including phenoxy) is 1. The van der Waals surface area contributed by atoms with E-state index < -0.39 is 0 Å². The van der Waals surface area contributed by atoms with Gasteiger partial charge in [-0.1, -0.05) is 0 Å². The molecule has 0 aromatic heterocycles. The number of amides is 1. The number of methoxy groups -OCH3 is 1. The maximum absolute atomic E-state index is 11.4. The van der Waals surface area contributed by atoms with Gasteiger partial charge in [0, 0.05) is 19.0 Å². The third-order valence-corrected chi connectivity index (χ3v) is 2.32. The Morgan fingerprint density at radius 2 is 2.23 bits per heavy atom. The summed E-state index contributed by atoms with van der Waals surface area (Å²) in [5, 5.41) is 0. The maximum atomic E-state index is 11.4. The molecule has 1 aliphatic heterocycles. The standard InChI is InChI=1S/C9H15NO3/c1-6(2)10-5-7(4-8(10)11)9(12)13-3/h6-7H,4-5H2,1-3H3. The van der Waals surface area contributed by atoms with Crippen LogP contribution in [0.4, 0.5) is 0 Å². The summed E-state index contributed by atoms with van der Waals surface area (Å²) in [6, 6.07) is 0.169. The molecule has 0 spiro atoms. The Kier molecular flexibility index (Phi) is 2.90. The van der Waals surface area contributed by atoms with Crippen molar-refractivity contribution in [1.82, 2.24) is 4.90 Å². The Bertz CT molecular complexity index is 225. The summed E-state index contributed by atoms with van der Waals surface area (Å²) in [6.07, 6.45) is 0.296. The molecule has 0 bridgehead atoms. The normalized spacial score (nSPS) is 22.6. The van der Waals surface area contributed by atoms with Crippen LogP contribution in [0.25, 0.3) is 0 Å². The summed E-state index contributed by atoms with van der Waals surface area (Å²) in [7, 11) is 1.35. The van der Waals surface area contributed by atoms with Crippen LogP contribution in [0, 0.1) is 5.92 Å². The van der Waals surface area contributed by atoms with E-state index in [-0.39, 0.29) is 23.8 Å². The summed E-state index contributed by atoms with van der Waals surface area (Å²) >= 11 is 0. The molecule has 0 saturated carbocycles. The van der Waals surface area contributed by atoms with Gasteiger partial charge in [-0.05, 0) is 13.8 Å². The van der Waals surface area contributed by atoms with Gasteiger partial charge >= 0.3 is 5.97 Å². The highest BCUT2D eigenvalue weighted by Gasteiger charge is 2.35. The van der Waals surface area contributed by atoms with Gasteiger partial charge in [0.05, 0.1) is 13.0 Å². The summed E-state index contributed by atoms with van der Waals surface area (Å²) in [4.78, 5) is 24.2. The molecule has 1 unspecified atom stereocenters. The fraction of sp³-hybridized carbons (Fsp3) is 0.778. The molecular weight excluding hydrogens is 170 g/mol. The molecule has 4 heteroatoms. The Balaban J connectivity index is 2.60. The molecule has 0 aromatic rings. The molecule has 74 valence electrons. The van der Waals surface area contributed by atoms with Crippen molar-refractivity contribution in [3.63, 3.8) is 0 Å². The second-order valence-corrected chi connectivity index (χ2v) is 3.56. The summed E-state index contributed by atoms with van der Waals surface area (Å²) in [6.45, 7) is 4.39. The van der Waals surface area contributed by atoms with Crippen molar-refractivity contribution in [2.75, 3.05) is 13.7 Å². The Labute approximate surface area is 77.8 Å². The first-order valence-electron chi connectivity index (χ1n) is 4.43. The van der Waals surface area contributed by atoms with Crippen LogP contribution < -0.4 is 0 Å². The van der Waals surface area contributed by atoms with E-state index in [0.29, 0.717) is 13.0 Å². The van der Waals surface area contributed by atoms with Crippen molar-refractivity contribution in [3.05, 3.63) is 0 Å². The SMILES string of the molecule is COC(=O)C1CC(=O)N(C(C)C)C1. The average Bonchev–Trinajstić information content (AvgIpc) is 2.46. The predicted molar refractivity (Wildman–Crippen MR) is 47.0 cm³/mol. The minimum atomic E-state index is -0.281. The number of likely N-dealkylation sites (tertiary alicyclic amines) is 1. The largest absolute Gasteiger partial charge is 0.469 e. The van der Waals surface area contributed by atoms with Crippen LogP contribution in [0.3, 0.4) is 0 Å². The lowest BCUT2D eigenvalue weighted by Gasteiger charge is -2.20. The molecule has 0 aliphatic carbocycles. The lowest BCUT2D eigenvalue weighted by molar-refractivity contribution is -0.145. The number of rotatable bonds is 2. The monoisotopic (exact) mass is 185 g/mol. The molecule has 1 fully saturated rings. The van der Waals surface area contributed by atoms with Crippen LogP contribution in [-0.2, 0) is 14.3 Å². The first kappa shape index (κ1) is 10.0. The van der Waals surface area contributed by atoms with Crippen molar-refractivity contribution in [2.24, 2.45) is 5.92 Å². The molecule has 0 aromatic carbocycles. The van der Waals surface area contributed by atoms with Crippen LogP contribution in [0.5, 0.6) is 0 Å². The second kappa shape index (κ2) is 3.77.